The molecule has 2 aromatic carbocycles. The summed E-state index contributed by atoms with van der Waals surface area (Å²) in [4.78, 5) is 8.72. The summed E-state index contributed by atoms with van der Waals surface area (Å²) in [5.41, 5.74) is 3.88. The summed E-state index contributed by atoms with van der Waals surface area (Å²) >= 11 is 0. The minimum absolute atomic E-state index is 0. The molecule has 0 atom stereocenters. The second-order valence-electron chi connectivity index (χ2n) is 7.06. The highest BCUT2D eigenvalue weighted by atomic mass is 19.4. The molecule has 0 saturated heterocycles. The number of pyridine rings is 1. The van der Waals surface area contributed by atoms with Gasteiger partial charge in [-0.1, -0.05) is 31.7 Å². The molecule has 166 valence electrons. The Balaban J connectivity index is 0.00000289. The molecule has 0 fully saturated rings. The van der Waals surface area contributed by atoms with E-state index >= 15 is 0 Å². The van der Waals surface area contributed by atoms with Gasteiger partial charge in [0.1, 0.15) is 11.6 Å². The van der Waals surface area contributed by atoms with E-state index in [-0.39, 0.29) is 13.2 Å². The minimum atomic E-state index is -4.78. The first-order chi connectivity index (χ1) is 14.9. The summed E-state index contributed by atoms with van der Waals surface area (Å²) < 4.78 is 56.2. The molecule has 1 aromatic heterocycles. The number of rotatable bonds is 4. The second kappa shape index (κ2) is 9.77. The molecule has 2 heterocycles. The fraction of sp³-hybridized carbons (Fsp3) is 0.200. The van der Waals surface area contributed by atoms with E-state index in [1.54, 1.807) is 36.7 Å². The molecule has 1 aliphatic heterocycles. The van der Waals surface area contributed by atoms with Crippen molar-refractivity contribution >= 4 is 11.8 Å². The van der Waals surface area contributed by atoms with Gasteiger partial charge in [0, 0.05) is 30.1 Å². The number of ether oxygens (including phenoxy) is 1. The Bertz CT molecular complexity index is 1140. The second-order valence-corrected chi connectivity index (χ2v) is 7.06. The minimum Gasteiger partial charge on any atom is -0.406 e. The van der Waals surface area contributed by atoms with E-state index in [2.05, 4.69) is 14.7 Å². The SMILES string of the molecule is C.Fc1cc(-c2cccc(OC(F)(F)F)c2)ccc1/C=C1\CCCN=C1c1cccnc1. The van der Waals surface area contributed by atoms with Gasteiger partial charge in [-0.05, 0) is 65.9 Å². The smallest absolute Gasteiger partial charge is 0.406 e. The molecule has 32 heavy (non-hydrogen) atoms. The van der Waals surface area contributed by atoms with Crippen LogP contribution in [0.5, 0.6) is 5.75 Å². The van der Waals surface area contributed by atoms with E-state index in [9.17, 15) is 17.6 Å². The molecule has 0 unspecified atom stereocenters. The number of aromatic nitrogens is 1. The first-order valence-corrected chi connectivity index (χ1v) is 9.70. The van der Waals surface area contributed by atoms with Crippen LogP contribution >= 0.6 is 0 Å². The lowest BCUT2D eigenvalue weighted by Crippen LogP contribution is -2.17. The summed E-state index contributed by atoms with van der Waals surface area (Å²) in [6.45, 7) is 0.708. The first-order valence-electron chi connectivity index (χ1n) is 9.70. The van der Waals surface area contributed by atoms with Crippen LogP contribution in [0.3, 0.4) is 0 Å². The van der Waals surface area contributed by atoms with Crippen LogP contribution < -0.4 is 4.74 Å². The predicted octanol–water partition coefficient (Wildman–Crippen LogP) is 7.09. The highest BCUT2D eigenvalue weighted by molar-refractivity contribution is 6.15. The van der Waals surface area contributed by atoms with Gasteiger partial charge in [-0.2, -0.15) is 0 Å². The molecule has 0 spiro atoms. The maximum atomic E-state index is 14.9. The van der Waals surface area contributed by atoms with Crippen molar-refractivity contribution in [1.29, 1.82) is 0 Å². The molecule has 0 amide bonds. The Morgan fingerprint density at radius 3 is 2.44 bits per heavy atom. The maximum Gasteiger partial charge on any atom is 0.573 e. The average Bonchev–Trinajstić information content (AvgIpc) is 2.75. The molecular weight excluding hydrogens is 420 g/mol. The van der Waals surface area contributed by atoms with Gasteiger partial charge in [0.05, 0.1) is 5.71 Å². The number of hydrogen-bond donors (Lipinski definition) is 0. The van der Waals surface area contributed by atoms with E-state index in [0.29, 0.717) is 23.2 Å². The van der Waals surface area contributed by atoms with Crippen LogP contribution in [0.4, 0.5) is 17.6 Å². The summed E-state index contributed by atoms with van der Waals surface area (Å²) in [5, 5.41) is 0. The van der Waals surface area contributed by atoms with E-state index < -0.39 is 12.2 Å². The standard InChI is InChI=1S/C24H18F4N2O.CH4/c25-22-14-17(16-4-1-7-21(13-16)31-24(26,27)28)8-9-18(22)12-19-5-3-11-30-23(19)20-6-2-10-29-15-20;/h1-2,4,6-10,12-15H,3,5,11H2;1H4/b19-12+;. The number of aliphatic imine (C=N–C) groups is 1. The molecule has 3 aromatic rings. The van der Waals surface area contributed by atoms with Crippen molar-refractivity contribution in [2.45, 2.75) is 26.6 Å². The lowest BCUT2D eigenvalue weighted by atomic mass is 9.94. The average molecular weight is 442 g/mol. The van der Waals surface area contributed by atoms with Gasteiger partial charge in [-0.3, -0.25) is 9.98 Å². The van der Waals surface area contributed by atoms with Gasteiger partial charge >= 0.3 is 6.36 Å². The number of alkyl halides is 3. The third kappa shape index (κ3) is 5.60. The Hall–Kier alpha value is -3.48. The zero-order valence-electron chi connectivity index (χ0n) is 16.4. The molecule has 3 nitrogen and oxygen atoms in total. The fourth-order valence-corrected chi connectivity index (χ4v) is 3.48. The van der Waals surface area contributed by atoms with Crippen molar-refractivity contribution in [1.82, 2.24) is 4.98 Å². The van der Waals surface area contributed by atoms with Crippen molar-refractivity contribution in [2.75, 3.05) is 6.54 Å². The molecule has 4 rings (SSSR count). The van der Waals surface area contributed by atoms with E-state index in [1.165, 1.54) is 24.3 Å². The van der Waals surface area contributed by atoms with Crippen LogP contribution in [0.25, 0.3) is 17.2 Å². The maximum absolute atomic E-state index is 14.9. The van der Waals surface area contributed by atoms with Crippen molar-refractivity contribution < 1.29 is 22.3 Å². The van der Waals surface area contributed by atoms with Crippen LogP contribution in [-0.2, 0) is 0 Å². The monoisotopic (exact) mass is 442 g/mol. The molecule has 0 radical (unpaired) electrons. The topological polar surface area (TPSA) is 34.5 Å². The number of halogens is 4. The van der Waals surface area contributed by atoms with Crippen LogP contribution in [-0.4, -0.2) is 23.6 Å². The van der Waals surface area contributed by atoms with E-state index in [4.69, 9.17) is 0 Å². The first kappa shape index (κ1) is 23.2. The van der Waals surface area contributed by atoms with E-state index in [1.807, 2.05) is 12.1 Å². The van der Waals surface area contributed by atoms with Crippen molar-refractivity contribution in [3.8, 4) is 16.9 Å². The lowest BCUT2D eigenvalue weighted by Gasteiger charge is -2.16. The number of nitrogens with zero attached hydrogens (tertiary/aromatic N) is 2. The van der Waals surface area contributed by atoms with Crippen LogP contribution in [0.1, 0.15) is 31.4 Å². The molecule has 1 aliphatic rings. The third-order valence-corrected chi connectivity index (χ3v) is 4.84. The number of hydrogen-bond acceptors (Lipinski definition) is 3. The zero-order chi connectivity index (χ0) is 21.8. The van der Waals surface area contributed by atoms with Gasteiger partial charge in [0.15, 0.2) is 0 Å². The molecular formula is C25H22F4N2O. The van der Waals surface area contributed by atoms with E-state index in [0.717, 1.165) is 29.7 Å². The van der Waals surface area contributed by atoms with Crippen molar-refractivity contribution in [2.24, 2.45) is 4.99 Å². The Morgan fingerprint density at radius 2 is 1.72 bits per heavy atom. The molecule has 0 saturated carbocycles. The normalized spacial score (nSPS) is 15.1. The lowest BCUT2D eigenvalue weighted by molar-refractivity contribution is -0.274. The molecule has 0 bridgehead atoms. The number of benzene rings is 2. The van der Waals surface area contributed by atoms with Gasteiger partial charge in [-0.15, -0.1) is 13.2 Å². The van der Waals surface area contributed by atoms with Gasteiger partial charge in [0.2, 0.25) is 0 Å². The van der Waals surface area contributed by atoms with Gasteiger partial charge < -0.3 is 4.74 Å². The van der Waals surface area contributed by atoms with Crippen LogP contribution in [0.2, 0.25) is 0 Å². The van der Waals surface area contributed by atoms with Crippen molar-refractivity contribution in [3.63, 3.8) is 0 Å². The summed E-state index contributed by atoms with van der Waals surface area (Å²) in [6, 6.07) is 13.8. The van der Waals surface area contributed by atoms with Crippen molar-refractivity contribution in [3.05, 3.63) is 89.5 Å². The quantitative estimate of drug-likeness (QED) is 0.404. The zero-order valence-corrected chi connectivity index (χ0v) is 16.4. The Morgan fingerprint density at radius 1 is 0.938 bits per heavy atom. The fourth-order valence-electron chi connectivity index (χ4n) is 3.48. The third-order valence-electron chi connectivity index (χ3n) is 4.84. The highest BCUT2D eigenvalue weighted by Crippen LogP contribution is 2.30. The van der Waals surface area contributed by atoms with Crippen LogP contribution in [0, 0.1) is 5.82 Å². The molecule has 0 N–H and O–H groups in total. The highest BCUT2D eigenvalue weighted by Gasteiger charge is 2.31. The number of allylic oxidation sites excluding steroid dienone is 1. The molecule has 0 aliphatic carbocycles. The van der Waals surface area contributed by atoms with Gasteiger partial charge in [0.25, 0.3) is 0 Å². The van der Waals surface area contributed by atoms with Crippen LogP contribution in [0.15, 0.2) is 77.6 Å². The predicted molar refractivity (Wildman–Crippen MR) is 118 cm³/mol. The summed E-state index contributed by atoms with van der Waals surface area (Å²) in [5.74, 6) is -0.820. The molecule has 7 heteroatoms. The Kier molecular flexibility index (Phi) is 7.08. The Labute approximate surface area is 184 Å². The summed E-state index contributed by atoms with van der Waals surface area (Å²) in [6.07, 6.45) is 2.05. The summed E-state index contributed by atoms with van der Waals surface area (Å²) in [7, 11) is 0. The largest absolute Gasteiger partial charge is 0.573 e. The van der Waals surface area contributed by atoms with Gasteiger partial charge in [-0.25, -0.2) is 4.39 Å².